The van der Waals surface area contributed by atoms with Gasteiger partial charge in [-0.2, -0.15) is 0 Å². The van der Waals surface area contributed by atoms with E-state index in [0.717, 1.165) is 25.9 Å². The number of nitrogens with zero attached hydrogens (tertiary/aromatic N) is 4. The molecule has 7 nitrogen and oxygen atoms in total. The number of likely N-dealkylation sites (tertiary alicyclic amines) is 1. The fourth-order valence-corrected chi connectivity index (χ4v) is 2.95. The maximum atomic E-state index is 12.4. The highest BCUT2D eigenvalue weighted by Crippen LogP contribution is 2.17. The molecule has 1 aliphatic rings. The average Bonchev–Trinajstić information content (AvgIpc) is 2.84. The highest BCUT2D eigenvalue weighted by molar-refractivity contribution is 7.13. The highest BCUT2D eigenvalue weighted by atomic mass is 32.1. The van der Waals surface area contributed by atoms with Crippen LogP contribution in [-0.4, -0.2) is 58.3 Å². The van der Waals surface area contributed by atoms with Gasteiger partial charge >= 0.3 is 5.97 Å². The minimum atomic E-state index is -0.883. The molecule has 0 spiro atoms. The van der Waals surface area contributed by atoms with Crippen LogP contribution in [0.2, 0.25) is 0 Å². The standard InChI is InChI=1S/C13H20N4O3S/c18-11(16-6-3-1-2-4-7-16)9-17(8-5-12(19)20)13-15-14-10-21-13/h10H,1-9H2,(H,19,20). The van der Waals surface area contributed by atoms with Gasteiger partial charge in [0.05, 0.1) is 13.0 Å². The first kappa shape index (κ1) is 15.7. The zero-order valence-corrected chi connectivity index (χ0v) is 12.7. The van der Waals surface area contributed by atoms with Gasteiger partial charge in [-0.1, -0.05) is 24.2 Å². The molecule has 116 valence electrons. The number of carboxylic acid groups (broad SMARTS) is 1. The summed E-state index contributed by atoms with van der Waals surface area (Å²) in [4.78, 5) is 26.7. The van der Waals surface area contributed by atoms with Crippen LogP contribution in [-0.2, 0) is 9.59 Å². The second-order valence-corrected chi connectivity index (χ2v) is 5.89. The summed E-state index contributed by atoms with van der Waals surface area (Å²) in [5.41, 5.74) is 1.58. The van der Waals surface area contributed by atoms with Gasteiger partial charge in [0.15, 0.2) is 0 Å². The monoisotopic (exact) mass is 312 g/mol. The minimum absolute atomic E-state index is 0.0210. The summed E-state index contributed by atoms with van der Waals surface area (Å²) in [6, 6.07) is 0. The number of carbonyl (C=O) groups is 2. The maximum Gasteiger partial charge on any atom is 0.305 e. The Bertz CT molecular complexity index is 458. The van der Waals surface area contributed by atoms with Crippen LogP contribution in [0.25, 0.3) is 0 Å². The van der Waals surface area contributed by atoms with Gasteiger partial charge < -0.3 is 14.9 Å². The smallest absolute Gasteiger partial charge is 0.305 e. The van der Waals surface area contributed by atoms with Crippen molar-refractivity contribution in [2.75, 3.05) is 31.1 Å². The average molecular weight is 312 g/mol. The molecule has 1 aromatic heterocycles. The zero-order valence-electron chi connectivity index (χ0n) is 11.9. The van der Waals surface area contributed by atoms with Crippen molar-refractivity contribution in [3.63, 3.8) is 0 Å². The molecule has 0 atom stereocenters. The third kappa shape index (κ3) is 4.96. The maximum absolute atomic E-state index is 12.4. The van der Waals surface area contributed by atoms with Gasteiger partial charge in [0.2, 0.25) is 11.0 Å². The number of hydrogen-bond donors (Lipinski definition) is 1. The lowest BCUT2D eigenvalue weighted by Crippen LogP contribution is -2.41. The molecule has 1 fully saturated rings. The summed E-state index contributed by atoms with van der Waals surface area (Å²) < 4.78 is 0. The van der Waals surface area contributed by atoms with Crippen LogP contribution >= 0.6 is 11.3 Å². The number of hydrogen-bond acceptors (Lipinski definition) is 6. The van der Waals surface area contributed by atoms with E-state index in [9.17, 15) is 9.59 Å². The molecule has 1 amide bonds. The van der Waals surface area contributed by atoms with E-state index in [-0.39, 0.29) is 25.4 Å². The topological polar surface area (TPSA) is 86.6 Å². The van der Waals surface area contributed by atoms with Crippen LogP contribution in [0.4, 0.5) is 5.13 Å². The number of aromatic nitrogens is 2. The van der Waals surface area contributed by atoms with E-state index in [2.05, 4.69) is 10.2 Å². The number of carboxylic acids is 1. The van der Waals surface area contributed by atoms with Crippen molar-refractivity contribution in [1.29, 1.82) is 0 Å². The fraction of sp³-hybridized carbons (Fsp3) is 0.692. The number of amides is 1. The summed E-state index contributed by atoms with van der Waals surface area (Å²) in [6.07, 6.45) is 4.40. The predicted molar refractivity (Wildman–Crippen MR) is 79.4 cm³/mol. The normalized spacial score (nSPS) is 15.5. The Hall–Kier alpha value is -1.70. The third-order valence-electron chi connectivity index (χ3n) is 3.50. The molecule has 0 aromatic carbocycles. The van der Waals surface area contributed by atoms with Crippen LogP contribution in [0.3, 0.4) is 0 Å². The summed E-state index contributed by atoms with van der Waals surface area (Å²) in [5, 5.41) is 17.1. The minimum Gasteiger partial charge on any atom is -0.481 e. The molecule has 0 bridgehead atoms. The van der Waals surface area contributed by atoms with Gasteiger partial charge in [-0.3, -0.25) is 9.59 Å². The van der Waals surface area contributed by atoms with Crippen LogP contribution in [0.1, 0.15) is 32.1 Å². The third-order valence-corrected chi connectivity index (χ3v) is 4.25. The number of anilines is 1. The molecule has 0 aliphatic carbocycles. The number of rotatable bonds is 6. The van der Waals surface area contributed by atoms with Crippen molar-refractivity contribution in [2.45, 2.75) is 32.1 Å². The number of aliphatic carboxylic acids is 1. The SMILES string of the molecule is O=C(O)CCN(CC(=O)N1CCCCCC1)c1nncs1. The van der Waals surface area contributed by atoms with Gasteiger partial charge in [-0.15, -0.1) is 10.2 Å². The van der Waals surface area contributed by atoms with E-state index >= 15 is 0 Å². The largest absolute Gasteiger partial charge is 0.481 e. The Balaban J connectivity index is 1.96. The molecule has 21 heavy (non-hydrogen) atoms. The van der Waals surface area contributed by atoms with Crippen LogP contribution < -0.4 is 4.90 Å². The van der Waals surface area contributed by atoms with Crippen molar-refractivity contribution in [3.05, 3.63) is 5.51 Å². The van der Waals surface area contributed by atoms with Crippen molar-refractivity contribution in [2.24, 2.45) is 0 Å². The molecule has 2 rings (SSSR count). The van der Waals surface area contributed by atoms with Crippen molar-refractivity contribution < 1.29 is 14.7 Å². The Morgan fingerprint density at radius 1 is 1.29 bits per heavy atom. The molecule has 1 N–H and O–H groups in total. The van der Waals surface area contributed by atoms with Crippen LogP contribution in [0.5, 0.6) is 0 Å². The molecule has 2 heterocycles. The molecule has 0 unspecified atom stereocenters. The molecular weight excluding hydrogens is 292 g/mol. The second-order valence-electron chi connectivity index (χ2n) is 5.08. The molecule has 1 aromatic rings. The lowest BCUT2D eigenvalue weighted by Gasteiger charge is -2.25. The lowest BCUT2D eigenvalue weighted by atomic mass is 10.2. The van der Waals surface area contributed by atoms with E-state index in [1.165, 1.54) is 24.2 Å². The Kier molecular flexibility index (Phi) is 5.91. The zero-order chi connectivity index (χ0) is 15.1. The molecule has 0 radical (unpaired) electrons. The molecule has 1 aliphatic heterocycles. The summed E-state index contributed by atoms with van der Waals surface area (Å²) in [5.74, 6) is -0.843. The van der Waals surface area contributed by atoms with Crippen LogP contribution in [0, 0.1) is 0 Å². The van der Waals surface area contributed by atoms with E-state index in [1.54, 1.807) is 10.4 Å². The highest BCUT2D eigenvalue weighted by Gasteiger charge is 2.20. The van der Waals surface area contributed by atoms with Gasteiger partial charge in [0.25, 0.3) is 0 Å². The van der Waals surface area contributed by atoms with Crippen molar-refractivity contribution in [1.82, 2.24) is 15.1 Å². The fourth-order valence-electron chi connectivity index (χ4n) is 2.36. The molecular formula is C13H20N4O3S. The van der Waals surface area contributed by atoms with E-state index in [1.807, 2.05) is 4.90 Å². The first-order chi connectivity index (χ1) is 10.2. The van der Waals surface area contributed by atoms with Gasteiger partial charge in [0.1, 0.15) is 5.51 Å². The Labute approximate surface area is 127 Å². The van der Waals surface area contributed by atoms with E-state index in [4.69, 9.17) is 5.11 Å². The molecule has 0 saturated carbocycles. The quantitative estimate of drug-likeness (QED) is 0.850. The summed E-state index contributed by atoms with van der Waals surface area (Å²) >= 11 is 1.32. The lowest BCUT2D eigenvalue weighted by molar-refractivity contribution is -0.137. The summed E-state index contributed by atoms with van der Waals surface area (Å²) in [7, 11) is 0. The Morgan fingerprint density at radius 2 is 2.00 bits per heavy atom. The van der Waals surface area contributed by atoms with Crippen LogP contribution in [0.15, 0.2) is 5.51 Å². The number of carbonyl (C=O) groups excluding carboxylic acids is 1. The second kappa shape index (κ2) is 7.92. The molecule has 8 heteroatoms. The first-order valence-corrected chi connectivity index (χ1v) is 8.05. The van der Waals surface area contributed by atoms with Gasteiger partial charge in [0, 0.05) is 19.6 Å². The van der Waals surface area contributed by atoms with Gasteiger partial charge in [-0.25, -0.2) is 0 Å². The van der Waals surface area contributed by atoms with E-state index in [0.29, 0.717) is 5.13 Å². The Morgan fingerprint density at radius 3 is 2.57 bits per heavy atom. The molecule has 1 saturated heterocycles. The van der Waals surface area contributed by atoms with Gasteiger partial charge in [-0.05, 0) is 12.8 Å². The van der Waals surface area contributed by atoms with Crippen molar-refractivity contribution >= 4 is 28.3 Å². The summed E-state index contributed by atoms with van der Waals surface area (Å²) in [6.45, 7) is 2.02. The van der Waals surface area contributed by atoms with Crippen molar-refractivity contribution in [3.8, 4) is 0 Å². The predicted octanol–water partition coefficient (Wildman–Crippen LogP) is 1.22. The first-order valence-electron chi connectivity index (χ1n) is 7.17. The van der Waals surface area contributed by atoms with E-state index < -0.39 is 5.97 Å².